The van der Waals surface area contributed by atoms with E-state index in [4.69, 9.17) is 5.11 Å². The summed E-state index contributed by atoms with van der Waals surface area (Å²) in [5.74, 6) is 0.00706. The highest BCUT2D eigenvalue weighted by Gasteiger charge is 2.07. The molecule has 14 heavy (non-hydrogen) atoms. The first-order valence-corrected chi connectivity index (χ1v) is 4.61. The molecule has 1 N–H and O–H groups in total. The fourth-order valence-electron chi connectivity index (χ4n) is 1.31. The smallest absolute Gasteiger partial charge is 0.242 e. The molecule has 0 bridgehead atoms. The Bertz CT molecular complexity index is 286. The van der Waals surface area contributed by atoms with E-state index in [0.29, 0.717) is 5.56 Å². The van der Waals surface area contributed by atoms with Crippen molar-refractivity contribution in [1.29, 1.82) is 0 Å². The molecule has 0 aliphatic carbocycles. The fourth-order valence-corrected chi connectivity index (χ4v) is 1.31. The minimum Gasteiger partial charge on any atom is -0.396 e. The number of benzene rings is 1. The van der Waals surface area contributed by atoms with Crippen LogP contribution in [0.3, 0.4) is 0 Å². The Labute approximate surface area is 82.4 Å². The molecule has 1 aromatic rings. The zero-order valence-corrected chi connectivity index (χ0v) is 8.08. The average molecular weight is 200 g/mol. The molecule has 0 saturated heterocycles. The second-order valence-electron chi connectivity index (χ2n) is 3.42. The van der Waals surface area contributed by atoms with Crippen LogP contribution < -0.4 is 0 Å². The summed E-state index contributed by atoms with van der Waals surface area (Å²) >= 11 is 0. The van der Waals surface area contributed by atoms with Crippen LogP contribution in [-0.4, -0.2) is 18.1 Å². The maximum absolute atomic E-state index is 12.1. The van der Waals surface area contributed by atoms with E-state index >= 15 is 0 Å². The molecule has 1 atom stereocenters. The lowest BCUT2D eigenvalue weighted by atomic mass is 9.99. The summed E-state index contributed by atoms with van der Waals surface area (Å²) in [5, 5.41) is 8.91. The minimum atomic E-state index is -2.31. The third-order valence-electron chi connectivity index (χ3n) is 2.18. The lowest BCUT2D eigenvalue weighted by Gasteiger charge is -2.09. The number of hydrogen-bond donors (Lipinski definition) is 1. The normalized spacial score (nSPS) is 13.2. The zero-order chi connectivity index (χ0) is 10.6. The van der Waals surface area contributed by atoms with Crippen LogP contribution in [0.15, 0.2) is 24.3 Å². The van der Waals surface area contributed by atoms with E-state index in [0.717, 1.165) is 5.56 Å². The Balaban J connectivity index is 2.78. The van der Waals surface area contributed by atoms with Gasteiger partial charge >= 0.3 is 0 Å². The molecule has 1 rings (SSSR count). The highest BCUT2D eigenvalue weighted by molar-refractivity contribution is 5.26. The molecule has 0 radical (unpaired) electrons. The van der Waals surface area contributed by atoms with Gasteiger partial charge in [0.1, 0.15) is 0 Å². The maximum atomic E-state index is 12.1. The standard InChI is InChI=1S/C11H14F2O/c1-8(7-14)10-4-2-3-9(5-10)6-11(12)13/h2-5,8,11,14H,6-7H2,1H3. The van der Waals surface area contributed by atoms with E-state index in [1.54, 1.807) is 18.2 Å². The van der Waals surface area contributed by atoms with Gasteiger partial charge in [-0.05, 0) is 11.1 Å². The molecule has 0 heterocycles. The summed E-state index contributed by atoms with van der Waals surface area (Å²) in [4.78, 5) is 0. The second kappa shape index (κ2) is 5.05. The lowest BCUT2D eigenvalue weighted by Crippen LogP contribution is -2.01. The molecule has 0 aromatic heterocycles. The SMILES string of the molecule is CC(CO)c1cccc(CC(F)F)c1. The van der Waals surface area contributed by atoms with Crippen molar-refractivity contribution in [2.45, 2.75) is 25.7 Å². The van der Waals surface area contributed by atoms with Crippen LogP contribution in [-0.2, 0) is 6.42 Å². The van der Waals surface area contributed by atoms with E-state index in [9.17, 15) is 8.78 Å². The zero-order valence-electron chi connectivity index (χ0n) is 8.08. The molecule has 0 amide bonds. The first kappa shape index (κ1) is 11.1. The maximum Gasteiger partial charge on any atom is 0.242 e. The Morgan fingerprint density at radius 3 is 2.64 bits per heavy atom. The van der Waals surface area contributed by atoms with Gasteiger partial charge in [0, 0.05) is 18.9 Å². The second-order valence-corrected chi connectivity index (χ2v) is 3.42. The van der Waals surface area contributed by atoms with Crippen molar-refractivity contribution in [3.05, 3.63) is 35.4 Å². The van der Waals surface area contributed by atoms with Crippen LogP contribution >= 0.6 is 0 Å². The molecular weight excluding hydrogens is 186 g/mol. The van der Waals surface area contributed by atoms with Crippen LogP contribution in [0, 0.1) is 0 Å². The third-order valence-corrected chi connectivity index (χ3v) is 2.18. The van der Waals surface area contributed by atoms with Gasteiger partial charge in [0.15, 0.2) is 0 Å². The van der Waals surface area contributed by atoms with Gasteiger partial charge in [-0.3, -0.25) is 0 Å². The van der Waals surface area contributed by atoms with Gasteiger partial charge in [-0.1, -0.05) is 31.2 Å². The Hall–Kier alpha value is -0.960. The predicted molar refractivity (Wildman–Crippen MR) is 51.7 cm³/mol. The largest absolute Gasteiger partial charge is 0.396 e. The van der Waals surface area contributed by atoms with Gasteiger partial charge in [-0.15, -0.1) is 0 Å². The first-order valence-electron chi connectivity index (χ1n) is 4.61. The van der Waals surface area contributed by atoms with Crippen molar-refractivity contribution in [2.24, 2.45) is 0 Å². The summed E-state index contributed by atoms with van der Waals surface area (Å²) in [6.45, 7) is 1.90. The molecule has 0 aliphatic rings. The van der Waals surface area contributed by atoms with Crippen LogP contribution in [0.4, 0.5) is 8.78 Å². The predicted octanol–water partition coefficient (Wildman–Crippen LogP) is 2.59. The van der Waals surface area contributed by atoms with Crippen molar-refractivity contribution < 1.29 is 13.9 Å². The lowest BCUT2D eigenvalue weighted by molar-refractivity contribution is 0.149. The summed E-state index contributed by atoms with van der Waals surface area (Å²) < 4.78 is 24.2. The highest BCUT2D eigenvalue weighted by Crippen LogP contribution is 2.17. The molecule has 3 heteroatoms. The van der Waals surface area contributed by atoms with Crippen molar-refractivity contribution in [3.63, 3.8) is 0 Å². The van der Waals surface area contributed by atoms with E-state index in [-0.39, 0.29) is 18.9 Å². The minimum absolute atomic E-state index is 0.00706. The molecule has 0 fully saturated rings. The van der Waals surface area contributed by atoms with E-state index < -0.39 is 6.43 Å². The van der Waals surface area contributed by atoms with Gasteiger partial charge in [0.25, 0.3) is 0 Å². The molecule has 1 unspecified atom stereocenters. The van der Waals surface area contributed by atoms with Crippen molar-refractivity contribution in [3.8, 4) is 0 Å². The quantitative estimate of drug-likeness (QED) is 0.792. The van der Waals surface area contributed by atoms with Crippen LogP contribution in [0.1, 0.15) is 24.0 Å². The van der Waals surface area contributed by atoms with Gasteiger partial charge in [-0.2, -0.15) is 0 Å². The molecule has 1 nitrogen and oxygen atoms in total. The van der Waals surface area contributed by atoms with Crippen molar-refractivity contribution in [1.82, 2.24) is 0 Å². The Morgan fingerprint density at radius 2 is 2.07 bits per heavy atom. The van der Waals surface area contributed by atoms with Gasteiger partial charge in [0.2, 0.25) is 6.43 Å². The van der Waals surface area contributed by atoms with Crippen molar-refractivity contribution >= 4 is 0 Å². The third kappa shape index (κ3) is 3.07. The topological polar surface area (TPSA) is 20.2 Å². The van der Waals surface area contributed by atoms with E-state index in [1.807, 2.05) is 13.0 Å². The highest BCUT2D eigenvalue weighted by atomic mass is 19.3. The Morgan fingerprint density at radius 1 is 1.36 bits per heavy atom. The van der Waals surface area contributed by atoms with E-state index in [1.165, 1.54) is 0 Å². The number of aliphatic hydroxyl groups excluding tert-OH is 1. The van der Waals surface area contributed by atoms with Crippen LogP contribution in [0.25, 0.3) is 0 Å². The summed E-state index contributed by atoms with van der Waals surface area (Å²) in [5.41, 5.74) is 1.53. The summed E-state index contributed by atoms with van der Waals surface area (Å²) in [6.07, 6.45) is -2.53. The number of halogens is 2. The Kier molecular flexibility index (Phi) is 4.01. The van der Waals surface area contributed by atoms with Crippen LogP contribution in [0.2, 0.25) is 0 Å². The van der Waals surface area contributed by atoms with Gasteiger partial charge in [-0.25, -0.2) is 8.78 Å². The van der Waals surface area contributed by atoms with Crippen molar-refractivity contribution in [2.75, 3.05) is 6.61 Å². The number of alkyl halides is 2. The molecule has 0 spiro atoms. The molecule has 78 valence electrons. The number of rotatable bonds is 4. The summed E-state index contributed by atoms with van der Waals surface area (Å²) in [6, 6.07) is 7.00. The fraction of sp³-hybridized carbons (Fsp3) is 0.455. The van der Waals surface area contributed by atoms with Crippen LogP contribution in [0.5, 0.6) is 0 Å². The number of aliphatic hydroxyl groups is 1. The monoisotopic (exact) mass is 200 g/mol. The molecule has 0 aliphatic heterocycles. The summed E-state index contributed by atoms with van der Waals surface area (Å²) in [7, 11) is 0. The molecule has 1 aromatic carbocycles. The van der Waals surface area contributed by atoms with Gasteiger partial charge in [0.05, 0.1) is 0 Å². The van der Waals surface area contributed by atoms with Gasteiger partial charge < -0.3 is 5.11 Å². The first-order chi connectivity index (χ1) is 6.63. The molecular formula is C11H14F2O. The number of hydrogen-bond acceptors (Lipinski definition) is 1. The average Bonchev–Trinajstić information content (AvgIpc) is 2.16. The van der Waals surface area contributed by atoms with E-state index in [2.05, 4.69) is 0 Å². The molecule has 0 saturated carbocycles.